The standard InChI is InChI=1S/C18H18BrNO3S/c19-12-5-1-4-11(10-12)16-17-13(6-2-8-15(17)21)20-14-7-3-9-24(22,23)18(14)16/h1,4-5,10,16,20H,2-3,6-9H2. The highest BCUT2D eigenvalue weighted by Gasteiger charge is 2.42. The maximum absolute atomic E-state index is 12.8. The van der Waals surface area contributed by atoms with Crippen molar-refractivity contribution in [3.63, 3.8) is 0 Å². The average Bonchev–Trinajstić information content (AvgIpc) is 2.53. The van der Waals surface area contributed by atoms with Crippen molar-refractivity contribution in [2.24, 2.45) is 0 Å². The first kappa shape index (κ1) is 16.1. The molecule has 6 heteroatoms. The molecule has 2 aliphatic heterocycles. The van der Waals surface area contributed by atoms with Crippen molar-refractivity contribution in [1.82, 2.24) is 5.32 Å². The number of carbonyl (C=O) groups is 1. The second kappa shape index (κ2) is 5.85. The molecule has 4 rings (SSSR count). The summed E-state index contributed by atoms with van der Waals surface area (Å²) in [7, 11) is -3.35. The predicted molar refractivity (Wildman–Crippen MR) is 95.9 cm³/mol. The maximum atomic E-state index is 12.8. The maximum Gasteiger partial charge on any atom is 0.177 e. The van der Waals surface area contributed by atoms with E-state index in [1.807, 2.05) is 24.3 Å². The molecule has 0 amide bonds. The van der Waals surface area contributed by atoms with Crippen LogP contribution < -0.4 is 5.32 Å². The number of hydrogen-bond donors (Lipinski definition) is 1. The van der Waals surface area contributed by atoms with Crippen LogP contribution in [0.4, 0.5) is 0 Å². The van der Waals surface area contributed by atoms with Gasteiger partial charge in [-0.15, -0.1) is 0 Å². The molecule has 1 aliphatic carbocycles. The fraction of sp³-hybridized carbons (Fsp3) is 0.389. The number of rotatable bonds is 1. The molecule has 1 aromatic carbocycles. The van der Waals surface area contributed by atoms with Gasteiger partial charge in [0.1, 0.15) is 0 Å². The lowest BCUT2D eigenvalue weighted by Gasteiger charge is -2.37. The Labute approximate surface area is 150 Å². The van der Waals surface area contributed by atoms with Gasteiger partial charge in [0.25, 0.3) is 0 Å². The largest absolute Gasteiger partial charge is 0.361 e. The Morgan fingerprint density at radius 2 is 1.88 bits per heavy atom. The van der Waals surface area contributed by atoms with E-state index in [9.17, 15) is 13.2 Å². The Balaban J connectivity index is 1.97. The highest BCUT2D eigenvalue weighted by molar-refractivity contribution is 9.10. The van der Waals surface area contributed by atoms with Gasteiger partial charge < -0.3 is 5.32 Å². The highest BCUT2D eigenvalue weighted by atomic mass is 79.9. The van der Waals surface area contributed by atoms with Gasteiger partial charge in [-0.3, -0.25) is 4.79 Å². The molecule has 2 heterocycles. The van der Waals surface area contributed by atoms with Gasteiger partial charge in [-0.05, 0) is 43.4 Å². The van der Waals surface area contributed by atoms with Crippen LogP contribution in [0, 0.1) is 0 Å². The zero-order chi connectivity index (χ0) is 16.9. The SMILES string of the molecule is O=C1CCCC2=C1C(c1cccc(Br)c1)C1=C(CCCS1(=O)=O)N2. The summed E-state index contributed by atoms with van der Waals surface area (Å²) in [6.07, 6.45) is 3.49. The van der Waals surface area contributed by atoms with E-state index in [-0.39, 0.29) is 11.5 Å². The Kier molecular flexibility index (Phi) is 3.92. The van der Waals surface area contributed by atoms with Gasteiger partial charge in [-0.1, -0.05) is 28.1 Å². The first-order chi connectivity index (χ1) is 11.5. The highest BCUT2D eigenvalue weighted by Crippen LogP contribution is 2.46. The topological polar surface area (TPSA) is 63.2 Å². The summed E-state index contributed by atoms with van der Waals surface area (Å²) in [6.45, 7) is 0. The third kappa shape index (κ3) is 2.56. The van der Waals surface area contributed by atoms with Crippen molar-refractivity contribution in [3.05, 3.63) is 56.2 Å². The first-order valence-corrected chi connectivity index (χ1v) is 10.7. The van der Waals surface area contributed by atoms with Crippen molar-refractivity contribution in [3.8, 4) is 0 Å². The minimum atomic E-state index is -3.35. The summed E-state index contributed by atoms with van der Waals surface area (Å²) in [5, 5.41) is 3.31. The van der Waals surface area contributed by atoms with Crippen LogP contribution in [0.5, 0.6) is 0 Å². The number of dihydropyridines is 1. The van der Waals surface area contributed by atoms with E-state index in [1.165, 1.54) is 0 Å². The second-order valence-corrected chi connectivity index (χ2v) is 9.54. The monoisotopic (exact) mass is 407 g/mol. The van der Waals surface area contributed by atoms with Crippen LogP contribution in [0.15, 0.2) is 50.6 Å². The lowest BCUT2D eigenvalue weighted by atomic mass is 9.79. The van der Waals surface area contributed by atoms with Gasteiger partial charge in [0.2, 0.25) is 0 Å². The van der Waals surface area contributed by atoms with Gasteiger partial charge in [-0.25, -0.2) is 8.42 Å². The van der Waals surface area contributed by atoms with Crippen molar-refractivity contribution in [1.29, 1.82) is 0 Å². The summed E-state index contributed by atoms with van der Waals surface area (Å²) < 4.78 is 26.5. The number of allylic oxidation sites excluding steroid dienone is 4. The average molecular weight is 408 g/mol. The number of Topliss-reactive ketones (excluding diaryl/α,β-unsaturated/α-hetero) is 1. The third-order valence-electron chi connectivity index (χ3n) is 4.96. The molecule has 0 radical (unpaired) electrons. The molecule has 0 spiro atoms. The van der Waals surface area contributed by atoms with E-state index in [2.05, 4.69) is 21.2 Å². The van der Waals surface area contributed by atoms with E-state index < -0.39 is 15.8 Å². The molecule has 0 bridgehead atoms. The number of halogens is 1. The van der Waals surface area contributed by atoms with E-state index in [0.29, 0.717) is 23.3 Å². The molecular formula is C18H18BrNO3S. The van der Waals surface area contributed by atoms with Gasteiger partial charge in [-0.2, -0.15) is 0 Å². The number of hydrogen-bond acceptors (Lipinski definition) is 4. The summed E-state index contributed by atoms with van der Waals surface area (Å²) in [5.74, 6) is -0.234. The van der Waals surface area contributed by atoms with Crippen LogP contribution in [0.3, 0.4) is 0 Å². The van der Waals surface area contributed by atoms with Gasteiger partial charge >= 0.3 is 0 Å². The Bertz CT molecular complexity index is 899. The van der Waals surface area contributed by atoms with Crippen molar-refractivity contribution in [2.75, 3.05) is 5.75 Å². The molecule has 4 nitrogen and oxygen atoms in total. The summed E-state index contributed by atoms with van der Waals surface area (Å²) in [6, 6.07) is 7.65. The number of carbonyl (C=O) groups excluding carboxylic acids is 1. The summed E-state index contributed by atoms with van der Waals surface area (Å²) in [4.78, 5) is 13.1. The molecule has 3 aliphatic rings. The fourth-order valence-corrected chi connectivity index (χ4v) is 6.29. The minimum absolute atomic E-state index is 0.0704. The fourth-order valence-electron chi connectivity index (χ4n) is 3.98. The van der Waals surface area contributed by atoms with Crippen LogP contribution in [0.1, 0.15) is 43.6 Å². The summed E-state index contributed by atoms with van der Waals surface area (Å²) in [5.41, 5.74) is 3.24. The number of nitrogens with one attached hydrogen (secondary N) is 1. The molecule has 0 saturated heterocycles. The van der Waals surface area contributed by atoms with E-state index >= 15 is 0 Å². The molecule has 1 aromatic rings. The minimum Gasteiger partial charge on any atom is -0.361 e. The quantitative estimate of drug-likeness (QED) is 0.772. The van der Waals surface area contributed by atoms with E-state index in [4.69, 9.17) is 0 Å². The van der Waals surface area contributed by atoms with Crippen LogP contribution in [-0.4, -0.2) is 20.0 Å². The number of ketones is 1. The number of benzene rings is 1. The smallest absolute Gasteiger partial charge is 0.177 e. The molecule has 24 heavy (non-hydrogen) atoms. The van der Waals surface area contributed by atoms with Crippen molar-refractivity contribution < 1.29 is 13.2 Å². The van der Waals surface area contributed by atoms with Crippen LogP contribution >= 0.6 is 15.9 Å². The molecule has 126 valence electrons. The van der Waals surface area contributed by atoms with Gasteiger partial charge in [0, 0.05) is 27.9 Å². The molecular weight excluding hydrogens is 390 g/mol. The molecule has 1 unspecified atom stereocenters. The molecule has 0 fully saturated rings. The first-order valence-electron chi connectivity index (χ1n) is 8.22. The normalized spacial score (nSPS) is 25.9. The number of sulfone groups is 1. The Morgan fingerprint density at radius 3 is 2.67 bits per heavy atom. The lowest BCUT2D eigenvalue weighted by molar-refractivity contribution is -0.116. The Hall–Kier alpha value is -1.40. The molecule has 0 saturated carbocycles. The molecule has 0 aromatic heterocycles. The van der Waals surface area contributed by atoms with Crippen LogP contribution in [0.25, 0.3) is 0 Å². The van der Waals surface area contributed by atoms with Gasteiger partial charge in [0.15, 0.2) is 15.6 Å². The zero-order valence-electron chi connectivity index (χ0n) is 13.1. The van der Waals surface area contributed by atoms with E-state index in [0.717, 1.165) is 40.7 Å². The zero-order valence-corrected chi connectivity index (χ0v) is 15.5. The third-order valence-corrected chi connectivity index (χ3v) is 7.43. The Morgan fingerprint density at radius 1 is 1.08 bits per heavy atom. The molecule has 1 atom stereocenters. The van der Waals surface area contributed by atoms with Gasteiger partial charge in [0.05, 0.1) is 16.6 Å². The van der Waals surface area contributed by atoms with Crippen molar-refractivity contribution in [2.45, 2.75) is 38.0 Å². The second-order valence-electron chi connectivity index (χ2n) is 6.55. The summed E-state index contributed by atoms with van der Waals surface area (Å²) >= 11 is 3.47. The molecule has 1 N–H and O–H groups in total. The predicted octanol–water partition coefficient (Wildman–Crippen LogP) is 3.56. The van der Waals surface area contributed by atoms with Crippen molar-refractivity contribution >= 4 is 31.6 Å². The van der Waals surface area contributed by atoms with Crippen LogP contribution in [-0.2, 0) is 14.6 Å². The van der Waals surface area contributed by atoms with E-state index in [1.54, 1.807) is 0 Å². The van der Waals surface area contributed by atoms with Crippen LogP contribution in [0.2, 0.25) is 0 Å². The lowest BCUT2D eigenvalue weighted by Crippen LogP contribution is -2.37.